The topological polar surface area (TPSA) is 0 Å². The summed E-state index contributed by atoms with van der Waals surface area (Å²) in [5.41, 5.74) is 10.9. The Bertz CT molecular complexity index is 1880. The summed E-state index contributed by atoms with van der Waals surface area (Å²) in [5.74, 6) is 0. The molecule has 0 atom stereocenters. The molecular weight excluding hydrogens is 452 g/mol. The summed E-state index contributed by atoms with van der Waals surface area (Å²) in [7, 11) is 0. The van der Waals surface area contributed by atoms with Crippen molar-refractivity contribution in [2.75, 3.05) is 0 Å². The Hall–Kier alpha value is -3.81. The van der Waals surface area contributed by atoms with Gasteiger partial charge in [-0.2, -0.15) is 0 Å². The maximum Gasteiger partial charge on any atom is 0.0207 e. The van der Waals surface area contributed by atoms with Crippen LogP contribution in [0.1, 0.15) is 25.0 Å². The zero-order chi connectivity index (χ0) is 24.0. The molecule has 1 aliphatic heterocycles. The van der Waals surface area contributed by atoms with Crippen molar-refractivity contribution in [2.24, 2.45) is 0 Å². The van der Waals surface area contributed by atoms with Gasteiger partial charge in [0.15, 0.2) is 0 Å². The Balaban J connectivity index is 1.27. The average molecular weight is 477 g/mol. The number of fused-ring (bicyclic) bond motifs is 7. The lowest BCUT2D eigenvalue weighted by molar-refractivity contribution is 0.666. The van der Waals surface area contributed by atoms with Gasteiger partial charge in [-0.3, -0.25) is 0 Å². The Morgan fingerprint density at radius 2 is 1.25 bits per heavy atom. The zero-order valence-corrected chi connectivity index (χ0v) is 21.1. The molecule has 0 fully saturated rings. The lowest BCUT2D eigenvalue weighted by Crippen LogP contribution is -2.15. The summed E-state index contributed by atoms with van der Waals surface area (Å²) < 4.78 is 0. The van der Waals surface area contributed by atoms with Crippen LogP contribution in [0.4, 0.5) is 0 Å². The van der Waals surface area contributed by atoms with E-state index in [0.29, 0.717) is 0 Å². The van der Waals surface area contributed by atoms with Crippen molar-refractivity contribution in [2.45, 2.75) is 29.1 Å². The van der Waals surface area contributed by atoms with Gasteiger partial charge >= 0.3 is 0 Å². The van der Waals surface area contributed by atoms with Crippen molar-refractivity contribution in [3.63, 3.8) is 0 Å². The Morgan fingerprint density at radius 3 is 2.14 bits per heavy atom. The minimum atomic E-state index is -0.0426. The molecule has 0 aromatic heterocycles. The first-order valence-corrected chi connectivity index (χ1v) is 13.4. The van der Waals surface area contributed by atoms with Crippen LogP contribution in [-0.4, -0.2) is 0 Å². The van der Waals surface area contributed by atoms with Crippen LogP contribution < -0.4 is 0 Å². The molecule has 0 spiro atoms. The lowest BCUT2D eigenvalue weighted by atomic mass is 9.79. The summed E-state index contributed by atoms with van der Waals surface area (Å²) in [5, 5.41) is 5.39. The lowest BCUT2D eigenvalue weighted by Gasteiger charge is -2.24. The predicted octanol–water partition coefficient (Wildman–Crippen LogP) is 10.1. The van der Waals surface area contributed by atoms with Crippen LogP contribution in [0.25, 0.3) is 54.9 Å². The van der Waals surface area contributed by atoms with E-state index in [1.54, 1.807) is 0 Å². The molecule has 36 heavy (non-hydrogen) atoms. The molecule has 8 rings (SSSR count). The maximum absolute atomic E-state index is 2.44. The quantitative estimate of drug-likeness (QED) is 0.227. The Kier molecular flexibility index (Phi) is 4.03. The standard InChI is InChI=1S/C35H24S/c1-35(2)30-19-23(14-16-26(30)29-18-13-21-7-3-4-10-25(21)34(29)35)24-15-17-27-28-11-5-8-22-9-6-12-31(33(22)28)36-32(27)20-24/h3-20H,1-2H3. The highest BCUT2D eigenvalue weighted by atomic mass is 32.2. The van der Waals surface area contributed by atoms with Gasteiger partial charge in [-0.25, -0.2) is 0 Å². The smallest absolute Gasteiger partial charge is 0.0207 e. The third-order valence-corrected chi connectivity index (χ3v) is 9.35. The van der Waals surface area contributed by atoms with E-state index in [9.17, 15) is 0 Å². The van der Waals surface area contributed by atoms with E-state index in [0.717, 1.165) is 0 Å². The Labute approximate surface area is 215 Å². The van der Waals surface area contributed by atoms with Gasteiger partial charge in [0.2, 0.25) is 0 Å². The summed E-state index contributed by atoms with van der Waals surface area (Å²) in [6, 6.07) is 40.8. The normalized spacial score (nSPS) is 14.5. The minimum absolute atomic E-state index is 0.0426. The summed E-state index contributed by atoms with van der Waals surface area (Å²) >= 11 is 1.90. The van der Waals surface area contributed by atoms with E-state index in [1.165, 1.54) is 75.8 Å². The zero-order valence-electron chi connectivity index (χ0n) is 20.3. The predicted molar refractivity (Wildman–Crippen MR) is 154 cm³/mol. The molecule has 0 saturated heterocycles. The second kappa shape index (κ2) is 7.12. The monoisotopic (exact) mass is 476 g/mol. The molecule has 1 heteroatoms. The van der Waals surface area contributed by atoms with E-state index >= 15 is 0 Å². The fourth-order valence-corrected chi connectivity index (χ4v) is 7.71. The van der Waals surface area contributed by atoms with E-state index in [4.69, 9.17) is 0 Å². The van der Waals surface area contributed by atoms with E-state index in [1.807, 2.05) is 11.8 Å². The van der Waals surface area contributed by atoms with Crippen LogP contribution in [0, 0.1) is 0 Å². The van der Waals surface area contributed by atoms with Gasteiger partial charge in [0.1, 0.15) is 0 Å². The second-order valence-corrected chi connectivity index (χ2v) is 11.7. The van der Waals surface area contributed by atoms with Gasteiger partial charge in [-0.1, -0.05) is 117 Å². The molecule has 170 valence electrons. The molecule has 6 aromatic rings. The molecule has 0 nitrogen and oxygen atoms in total. The van der Waals surface area contributed by atoms with E-state index in [2.05, 4.69) is 123 Å². The number of rotatable bonds is 1. The SMILES string of the molecule is CC1(C)c2cc(-c3ccc4c(c3)Sc3cccc5cccc-4c35)ccc2-c2ccc3ccccc3c21. The summed E-state index contributed by atoms with van der Waals surface area (Å²) in [6.07, 6.45) is 0. The van der Waals surface area contributed by atoms with Crippen molar-refractivity contribution in [3.05, 3.63) is 120 Å². The largest absolute Gasteiger partial charge is 0.0888 e. The van der Waals surface area contributed by atoms with Crippen LogP contribution in [0.15, 0.2) is 119 Å². The molecule has 2 aliphatic rings. The fourth-order valence-electron chi connectivity index (χ4n) is 6.52. The third-order valence-electron chi connectivity index (χ3n) is 8.23. The molecule has 0 radical (unpaired) electrons. The first-order valence-electron chi connectivity index (χ1n) is 12.6. The highest BCUT2D eigenvalue weighted by molar-refractivity contribution is 7.99. The molecule has 6 aromatic carbocycles. The summed E-state index contributed by atoms with van der Waals surface area (Å²) in [6.45, 7) is 4.77. The molecule has 0 N–H and O–H groups in total. The van der Waals surface area contributed by atoms with Gasteiger partial charge in [-0.15, -0.1) is 0 Å². The molecule has 1 heterocycles. The molecule has 1 aliphatic carbocycles. The number of hydrogen-bond acceptors (Lipinski definition) is 1. The Morgan fingerprint density at radius 1 is 0.528 bits per heavy atom. The minimum Gasteiger partial charge on any atom is -0.0888 e. The van der Waals surface area contributed by atoms with Gasteiger partial charge in [-0.05, 0) is 78.9 Å². The van der Waals surface area contributed by atoms with Crippen molar-refractivity contribution < 1.29 is 0 Å². The maximum atomic E-state index is 2.44. The highest BCUT2D eigenvalue weighted by Crippen LogP contribution is 2.53. The van der Waals surface area contributed by atoms with Crippen LogP contribution >= 0.6 is 11.8 Å². The first kappa shape index (κ1) is 20.4. The van der Waals surface area contributed by atoms with E-state index < -0.39 is 0 Å². The van der Waals surface area contributed by atoms with E-state index in [-0.39, 0.29) is 5.41 Å². The van der Waals surface area contributed by atoms with Crippen molar-refractivity contribution in [1.29, 1.82) is 0 Å². The van der Waals surface area contributed by atoms with Gasteiger partial charge in [0.25, 0.3) is 0 Å². The molecular formula is C35H24S. The van der Waals surface area contributed by atoms with Crippen LogP contribution in [0.2, 0.25) is 0 Å². The number of benzene rings is 6. The van der Waals surface area contributed by atoms with Gasteiger partial charge in [0.05, 0.1) is 0 Å². The average Bonchev–Trinajstić information content (AvgIpc) is 3.15. The van der Waals surface area contributed by atoms with Crippen molar-refractivity contribution in [1.82, 2.24) is 0 Å². The van der Waals surface area contributed by atoms with Crippen LogP contribution in [0.3, 0.4) is 0 Å². The molecule has 0 unspecified atom stereocenters. The molecule has 0 bridgehead atoms. The second-order valence-electron chi connectivity index (χ2n) is 10.6. The van der Waals surface area contributed by atoms with Crippen LogP contribution in [0.5, 0.6) is 0 Å². The van der Waals surface area contributed by atoms with Gasteiger partial charge < -0.3 is 0 Å². The van der Waals surface area contributed by atoms with Crippen molar-refractivity contribution >= 4 is 33.3 Å². The fraction of sp³-hybridized carbons (Fsp3) is 0.0857. The molecule has 0 saturated carbocycles. The van der Waals surface area contributed by atoms with Crippen LogP contribution in [-0.2, 0) is 5.41 Å². The third kappa shape index (κ3) is 2.67. The molecule has 0 amide bonds. The first-order chi connectivity index (χ1) is 17.6. The highest BCUT2D eigenvalue weighted by Gasteiger charge is 2.37. The number of hydrogen-bond donors (Lipinski definition) is 0. The van der Waals surface area contributed by atoms with Crippen molar-refractivity contribution in [3.8, 4) is 33.4 Å². The summed E-state index contributed by atoms with van der Waals surface area (Å²) in [4.78, 5) is 2.69. The van der Waals surface area contributed by atoms with Gasteiger partial charge in [0, 0.05) is 20.6 Å².